The summed E-state index contributed by atoms with van der Waals surface area (Å²) in [5.41, 5.74) is 1.84. The number of benzene rings is 1. The topological polar surface area (TPSA) is 81.5 Å². The SMILES string of the molecule is N#Cc1cccc(N(CCN2CCOCC2)C(=O)Nc2cccnc2)c1. The number of carbonyl (C=O) groups is 1. The Balaban J connectivity index is 1.75. The Morgan fingerprint density at radius 2 is 2.15 bits per heavy atom. The molecular formula is C19H21N5O2. The standard InChI is InChI=1S/C19H21N5O2/c20-14-16-3-1-5-18(13-16)24(8-7-23-9-11-26-12-10-23)19(25)22-17-4-2-6-21-15-17/h1-6,13,15H,7-12H2,(H,22,25). The number of hydrogen-bond donors (Lipinski definition) is 1. The second-order valence-electron chi connectivity index (χ2n) is 5.94. The van der Waals surface area contributed by atoms with E-state index in [1.54, 1.807) is 47.6 Å². The highest BCUT2D eigenvalue weighted by Gasteiger charge is 2.19. The molecule has 0 saturated carbocycles. The lowest BCUT2D eigenvalue weighted by Crippen LogP contribution is -2.44. The number of nitrogens with one attached hydrogen (secondary N) is 1. The molecule has 2 amide bonds. The van der Waals surface area contributed by atoms with Crippen LogP contribution in [0.2, 0.25) is 0 Å². The van der Waals surface area contributed by atoms with Crippen molar-refractivity contribution in [3.8, 4) is 6.07 Å². The Morgan fingerprint density at radius 1 is 1.31 bits per heavy atom. The highest BCUT2D eigenvalue weighted by Crippen LogP contribution is 2.18. The molecule has 1 aliphatic rings. The molecule has 0 radical (unpaired) electrons. The van der Waals surface area contributed by atoms with Crippen LogP contribution in [0.15, 0.2) is 48.8 Å². The summed E-state index contributed by atoms with van der Waals surface area (Å²) >= 11 is 0. The van der Waals surface area contributed by atoms with Crippen LogP contribution in [0.3, 0.4) is 0 Å². The van der Waals surface area contributed by atoms with Gasteiger partial charge in [-0.25, -0.2) is 4.79 Å². The van der Waals surface area contributed by atoms with Gasteiger partial charge < -0.3 is 10.1 Å². The van der Waals surface area contributed by atoms with Crippen LogP contribution in [0, 0.1) is 11.3 Å². The first-order valence-corrected chi connectivity index (χ1v) is 8.55. The Morgan fingerprint density at radius 3 is 2.88 bits per heavy atom. The zero-order valence-corrected chi connectivity index (χ0v) is 14.5. The minimum absolute atomic E-state index is 0.249. The highest BCUT2D eigenvalue weighted by molar-refractivity contribution is 6.01. The van der Waals surface area contributed by atoms with Crippen molar-refractivity contribution in [3.63, 3.8) is 0 Å². The molecule has 1 aliphatic heterocycles. The van der Waals surface area contributed by atoms with Gasteiger partial charge in [-0.2, -0.15) is 5.26 Å². The number of amides is 2. The molecule has 0 atom stereocenters. The molecular weight excluding hydrogens is 330 g/mol. The molecule has 1 saturated heterocycles. The molecule has 7 heteroatoms. The third-order valence-electron chi connectivity index (χ3n) is 4.19. The molecule has 1 fully saturated rings. The number of hydrogen-bond acceptors (Lipinski definition) is 5. The number of ether oxygens (including phenoxy) is 1. The molecule has 0 unspecified atom stereocenters. The molecule has 26 heavy (non-hydrogen) atoms. The lowest BCUT2D eigenvalue weighted by molar-refractivity contribution is 0.0393. The predicted octanol–water partition coefficient (Wildman–Crippen LogP) is 2.32. The van der Waals surface area contributed by atoms with Crippen LogP contribution < -0.4 is 10.2 Å². The maximum atomic E-state index is 12.8. The van der Waals surface area contributed by atoms with Crippen molar-refractivity contribution < 1.29 is 9.53 Å². The van der Waals surface area contributed by atoms with Crippen molar-refractivity contribution in [2.75, 3.05) is 49.6 Å². The summed E-state index contributed by atoms with van der Waals surface area (Å²) in [4.78, 5) is 20.8. The van der Waals surface area contributed by atoms with E-state index in [0.29, 0.717) is 36.7 Å². The second-order valence-corrected chi connectivity index (χ2v) is 5.94. The highest BCUT2D eigenvalue weighted by atomic mass is 16.5. The average molecular weight is 351 g/mol. The summed E-state index contributed by atoms with van der Waals surface area (Å²) in [5, 5.41) is 12.0. The van der Waals surface area contributed by atoms with Crippen molar-refractivity contribution in [2.24, 2.45) is 0 Å². The first-order chi connectivity index (χ1) is 12.8. The van der Waals surface area contributed by atoms with E-state index in [1.807, 2.05) is 6.07 Å². The van der Waals surface area contributed by atoms with Crippen molar-refractivity contribution in [3.05, 3.63) is 54.4 Å². The molecule has 1 aromatic heterocycles. The van der Waals surface area contributed by atoms with Gasteiger partial charge in [0.25, 0.3) is 0 Å². The Labute approximate surface area is 152 Å². The number of nitriles is 1. The number of pyridine rings is 1. The third-order valence-corrected chi connectivity index (χ3v) is 4.19. The number of anilines is 2. The number of carbonyl (C=O) groups excluding carboxylic acids is 1. The number of nitrogens with zero attached hydrogens (tertiary/aromatic N) is 4. The summed E-state index contributed by atoms with van der Waals surface area (Å²) in [6.07, 6.45) is 3.26. The molecule has 2 heterocycles. The zero-order chi connectivity index (χ0) is 18.2. The van der Waals surface area contributed by atoms with E-state index in [1.165, 1.54) is 0 Å². The van der Waals surface area contributed by atoms with Crippen LogP contribution in [0.25, 0.3) is 0 Å². The fourth-order valence-electron chi connectivity index (χ4n) is 2.79. The fraction of sp³-hybridized carbons (Fsp3) is 0.316. The normalized spacial score (nSPS) is 14.4. The summed E-state index contributed by atoms with van der Waals surface area (Å²) in [7, 11) is 0. The number of rotatable bonds is 5. The first kappa shape index (κ1) is 17.9. The molecule has 0 aliphatic carbocycles. The van der Waals surface area contributed by atoms with Crippen molar-refractivity contribution in [1.29, 1.82) is 5.26 Å². The third kappa shape index (κ3) is 4.79. The molecule has 0 spiro atoms. The molecule has 0 bridgehead atoms. The van der Waals surface area contributed by atoms with Gasteiger partial charge in [0.1, 0.15) is 0 Å². The second kappa shape index (κ2) is 8.94. The number of morpholine rings is 1. The van der Waals surface area contributed by atoms with E-state index in [0.717, 1.165) is 19.6 Å². The van der Waals surface area contributed by atoms with Gasteiger partial charge in [0.15, 0.2) is 0 Å². The minimum atomic E-state index is -0.249. The van der Waals surface area contributed by atoms with Gasteiger partial charge in [-0.05, 0) is 30.3 Å². The van der Waals surface area contributed by atoms with Crippen LogP contribution >= 0.6 is 0 Å². The van der Waals surface area contributed by atoms with Crippen LogP contribution in [0.4, 0.5) is 16.2 Å². The van der Waals surface area contributed by atoms with Gasteiger partial charge in [0.05, 0.1) is 36.7 Å². The van der Waals surface area contributed by atoms with Crippen LogP contribution in [0.1, 0.15) is 5.56 Å². The first-order valence-electron chi connectivity index (χ1n) is 8.55. The van der Waals surface area contributed by atoms with E-state index in [-0.39, 0.29) is 6.03 Å². The summed E-state index contributed by atoms with van der Waals surface area (Å²) in [6.45, 7) is 4.39. The van der Waals surface area contributed by atoms with Crippen LogP contribution in [0.5, 0.6) is 0 Å². The maximum absolute atomic E-state index is 12.8. The lowest BCUT2D eigenvalue weighted by atomic mass is 10.2. The average Bonchev–Trinajstić information content (AvgIpc) is 2.70. The van der Waals surface area contributed by atoms with Gasteiger partial charge in [-0.15, -0.1) is 0 Å². The van der Waals surface area contributed by atoms with Gasteiger partial charge in [-0.3, -0.25) is 14.8 Å². The Bertz CT molecular complexity index is 769. The smallest absolute Gasteiger partial charge is 0.326 e. The van der Waals surface area contributed by atoms with E-state index < -0.39 is 0 Å². The summed E-state index contributed by atoms with van der Waals surface area (Å²) in [5.74, 6) is 0. The van der Waals surface area contributed by atoms with Gasteiger partial charge in [0, 0.05) is 38.1 Å². The van der Waals surface area contributed by atoms with E-state index in [9.17, 15) is 4.79 Å². The Hall–Kier alpha value is -2.95. The summed E-state index contributed by atoms with van der Waals surface area (Å²) < 4.78 is 5.37. The lowest BCUT2D eigenvalue weighted by Gasteiger charge is -2.30. The Kier molecular flexibility index (Phi) is 6.14. The molecule has 3 rings (SSSR count). The molecule has 2 aromatic rings. The zero-order valence-electron chi connectivity index (χ0n) is 14.5. The van der Waals surface area contributed by atoms with Gasteiger partial charge in [0.2, 0.25) is 0 Å². The molecule has 134 valence electrons. The monoisotopic (exact) mass is 351 g/mol. The van der Waals surface area contributed by atoms with Crippen LogP contribution in [-0.2, 0) is 4.74 Å². The largest absolute Gasteiger partial charge is 0.379 e. The fourth-order valence-corrected chi connectivity index (χ4v) is 2.79. The summed E-state index contributed by atoms with van der Waals surface area (Å²) in [6, 6.07) is 12.5. The molecule has 1 aromatic carbocycles. The van der Waals surface area contributed by atoms with Gasteiger partial charge >= 0.3 is 6.03 Å². The predicted molar refractivity (Wildman–Crippen MR) is 99.0 cm³/mol. The van der Waals surface area contributed by atoms with Crippen LogP contribution in [-0.4, -0.2) is 55.3 Å². The van der Waals surface area contributed by atoms with Crippen molar-refractivity contribution in [2.45, 2.75) is 0 Å². The van der Waals surface area contributed by atoms with Gasteiger partial charge in [-0.1, -0.05) is 6.07 Å². The maximum Gasteiger partial charge on any atom is 0.326 e. The van der Waals surface area contributed by atoms with E-state index >= 15 is 0 Å². The van der Waals surface area contributed by atoms with E-state index in [2.05, 4.69) is 21.3 Å². The van der Waals surface area contributed by atoms with Crippen molar-refractivity contribution >= 4 is 17.4 Å². The molecule has 7 nitrogen and oxygen atoms in total. The minimum Gasteiger partial charge on any atom is -0.379 e. The quantitative estimate of drug-likeness (QED) is 0.894. The van der Waals surface area contributed by atoms with Crippen molar-refractivity contribution in [1.82, 2.24) is 9.88 Å². The number of aromatic nitrogens is 1. The van der Waals surface area contributed by atoms with E-state index in [4.69, 9.17) is 10.00 Å². The molecule has 1 N–H and O–H groups in total. The number of urea groups is 1.